The monoisotopic (exact) mass is 404 g/mol. The van der Waals surface area contributed by atoms with Crippen LogP contribution in [0, 0.1) is 0 Å². The summed E-state index contributed by atoms with van der Waals surface area (Å²) in [5, 5.41) is 0.413. The van der Waals surface area contributed by atoms with E-state index in [1.807, 2.05) is 24.3 Å². The third-order valence-electron chi connectivity index (χ3n) is 3.72. The maximum atomic E-state index is 12.6. The Kier molecular flexibility index (Phi) is 5.41. The van der Waals surface area contributed by atoms with Crippen molar-refractivity contribution in [2.24, 2.45) is 0 Å². The van der Waals surface area contributed by atoms with Crippen LogP contribution in [0.2, 0.25) is 0 Å². The molecular weight excluding hydrogens is 392 g/mol. The molecule has 0 N–H and O–H groups in total. The Bertz CT molecular complexity index is 1060. The molecule has 0 spiro atoms. The summed E-state index contributed by atoms with van der Waals surface area (Å²) in [4.78, 5) is 42.2. The van der Waals surface area contributed by atoms with Gasteiger partial charge in [-0.25, -0.2) is 9.97 Å². The molecule has 0 radical (unpaired) electrons. The summed E-state index contributed by atoms with van der Waals surface area (Å²) in [5.41, 5.74) is 2.33. The highest BCUT2D eigenvalue weighted by Crippen LogP contribution is 2.33. The van der Waals surface area contributed by atoms with Crippen LogP contribution in [-0.2, 0) is 0 Å². The summed E-state index contributed by atoms with van der Waals surface area (Å²) >= 11 is 1.90. The van der Waals surface area contributed by atoms with Crippen molar-refractivity contribution in [3.8, 4) is 0 Å². The van der Waals surface area contributed by atoms with Crippen LogP contribution in [0.25, 0.3) is 11.0 Å². The number of pyridine rings is 2. The molecule has 0 atom stereocenters. The van der Waals surface area contributed by atoms with E-state index < -0.39 is 0 Å². The van der Waals surface area contributed by atoms with Crippen molar-refractivity contribution in [3.63, 3.8) is 0 Å². The lowest BCUT2D eigenvalue weighted by Gasteiger charge is -2.08. The van der Waals surface area contributed by atoms with Gasteiger partial charge in [0.1, 0.15) is 10.1 Å². The smallest absolute Gasteiger partial charge is 0.225 e. The average molecular weight is 404 g/mol. The molecule has 3 aromatic heterocycles. The number of aromatic nitrogens is 4. The van der Waals surface area contributed by atoms with E-state index in [2.05, 4.69) is 19.9 Å². The second-order valence-corrected chi connectivity index (χ2v) is 7.50. The lowest BCUT2D eigenvalue weighted by Crippen LogP contribution is -2.01. The molecular formula is C20H12N4O2S2. The number of benzene rings is 1. The third kappa shape index (κ3) is 4.08. The van der Waals surface area contributed by atoms with E-state index in [9.17, 15) is 9.59 Å². The van der Waals surface area contributed by atoms with Crippen LogP contribution in [0.1, 0.15) is 20.7 Å². The molecule has 0 unspecified atom stereocenters. The van der Waals surface area contributed by atoms with Gasteiger partial charge < -0.3 is 0 Å². The van der Waals surface area contributed by atoms with Gasteiger partial charge >= 0.3 is 0 Å². The summed E-state index contributed by atoms with van der Waals surface area (Å²) in [5.74, 6) is 0. The first kappa shape index (κ1) is 18.3. The summed E-state index contributed by atoms with van der Waals surface area (Å²) < 4.78 is 0. The zero-order valence-electron chi connectivity index (χ0n) is 14.4. The van der Waals surface area contributed by atoms with Crippen LogP contribution in [0.3, 0.4) is 0 Å². The van der Waals surface area contributed by atoms with E-state index in [0.717, 1.165) is 23.5 Å². The number of hydrogen-bond acceptors (Lipinski definition) is 8. The van der Waals surface area contributed by atoms with Crippen molar-refractivity contribution >= 4 is 44.8 Å². The summed E-state index contributed by atoms with van der Waals surface area (Å²) in [7, 11) is 0. The van der Waals surface area contributed by atoms with Gasteiger partial charge in [-0.3, -0.25) is 19.6 Å². The van der Waals surface area contributed by atoms with Gasteiger partial charge in [0.25, 0.3) is 0 Å². The van der Waals surface area contributed by atoms with E-state index in [-0.39, 0.29) is 10.2 Å². The van der Waals surface area contributed by atoms with E-state index in [4.69, 9.17) is 0 Å². The predicted molar refractivity (Wildman–Crippen MR) is 108 cm³/mol. The maximum Gasteiger partial charge on any atom is 0.225 e. The van der Waals surface area contributed by atoms with Crippen LogP contribution in [0.4, 0.5) is 0 Å². The average Bonchev–Trinajstić information content (AvgIpc) is 2.75. The topological polar surface area (TPSA) is 85.7 Å². The van der Waals surface area contributed by atoms with Crippen molar-refractivity contribution < 1.29 is 9.59 Å². The van der Waals surface area contributed by atoms with Crippen LogP contribution < -0.4 is 0 Å². The van der Waals surface area contributed by atoms with Gasteiger partial charge in [-0.2, -0.15) is 0 Å². The van der Waals surface area contributed by atoms with Gasteiger partial charge in [0.2, 0.25) is 10.2 Å². The van der Waals surface area contributed by atoms with E-state index >= 15 is 0 Å². The van der Waals surface area contributed by atoms with Gasteiger partial charge in [-0.05, 0) is 59.9 Å². The van der Waals surface area contributed by atoms with Crippen molar-refractivity contribution in [1.82, 2.24) is 19.9 Å². The van der Waals surface area contributed by atoms with Gasteiger partial charge in [-0.15, -0.1) is 0 Å². The Hall–Kier alpha value is -3.10. The molecule has 0 aliphatic heterocycles. The molecule has 0 amide bonds. The van der Waals surface area contributed by atoms with Gasteiger partial charge in [0.05, 0.1) is 11.0 Å². The molecule has 3 heterocycles. The molecule has 28 heavy (non-hydrogen) atoms. The first-order valence-corrected chi connectivity index (χ1v) is 9.85. The predicted octanol–water partition coefficient (Wildman–Crippen LogP) is 4.28. The molecule has 0 aliphatic rings. The first-order valence-electron chi connectivity index (χ1n) is 8.22. The molecule has 4 rings (SSSR count). The van der Waals surface area contributed by atoms with Crippen LogP contribution >= 0.6 is 23.5 Å². The lowest BCUT2D eigenvalue weighted by molar-refractivity contribution is 0.108. The minimum absolute atomic E-state index is 0.190. The number of hydrogen-bond donors (Lipinski definition) is 0. The van der Waals surface area contributed by atoms with Gasteiger partial charge in [0, 0.05) is 35.9 Å². The third-order valence-corrected chi connectivity index (χ3v) is 5.65. The minimum atomic E-state index is -0.190. The molecule has 0 bridgehead atoms. The molecule has 8 heteroatoms. The fourth-order valence-corrected chi connectivity index (χ4v) is 4.03. The molecule has 0 saturated heterocycles. The zero-order valence-corrected chi connectivity index (χ0v) is 16.0. The van der Waals surface area contributed by atoms with E-state index in [1.54, 1.807) is 49.1 Å². The van der Waals surface area contributed by atoms with E-state index in [0.29, 0.717) is 32.2 Å². The van der Waals surface area contributed by atoms with Crippen molar-refractivity contribution in [3.05, 3.63) is 84.4 Å². The molecule has 6 nitrogen and oxygen atoms in total. The Labute approximate surface area is 168 Å². The Morgan fingerprint density at radius 2 is 1.00 bits per heavy atom. The summed E-state index contributed by atoms with van der Waals surface area (Å²) in [6, 6.07) is 13.9. The number of para-hydroxylation sites is 2. The highest BCUT2D eigenvalue weighted by Gasteiger charge is 2.19. The fourth-order valence-electron chi connectivity index (χ4n) is 2.37. The maximum absolute atomic E-state index is 12.6. The Balaban J connectivity index is 1.70. The highest BCUT2D eigenvalue weighted by molar-refractivity contribution is 8.16. The number of rotatable bonds is 4. The SMILES string of the molecule is O=C(Sc1nc2ccccc2nc1SC(=O)c1ccncc1)c1ccncc1. The molecule has 0 saturated carbocycles. The number of fused-ring (bicyclic) bond motifs is 1. The molecule has 0 aliphatic carbocycles. The largest absolute Gasteiger partial charge is 0.281 e. The minimum Gasteiger partial charge on any atom is -0.281 e. The van der Waals surface area contributed by atoms with Crippen molar-refractivity contribution in [2.45, 2.75) is 10.1 Å². The molecule has 4 aromatic rings. The number of carbonyl (C=O) groups excluding carboxylic acids is 2. The summed E-state index contributed by atoms with van der Waals surface area (Å²) in [6.07, 6.45) is 6.23. The molecule has 0 fully saturated rings. The second-order valence-electron chi connectivity index (χ2n) is 5.57. The molecule has 1 aromatic carbocycles. The van der Waals surface area contributed by atoms with Crippen LogP contribution in [0.15, 0.2) is 83.4 Å². The first-order chi connectivity index (χ1) is 13.7. The fraction of sp³-hybridized carbons (Fsp3) is 0. The second kappa shape index (κ2) is 8.28. The number of nitrogens with zero attached hydrogens (tertiary/aromatic N) is 4. The highest BCUT2D eigenvalue weighted by atomic mass is 32.2. The van der Waals surface area contributed by atoms with Gasteiger partial charge in [0.15, 0.2) is 0 Å². The normalized spacial score (nSPS) is 10.7. The van der Waals surface area contributed by atoms with E-state index in [1.165, 1.54) is 0 Å². The molecule has 136 valence electrons. The summed E-state index contributed by atoms with van der Waals surface area (Å²) in [6.45, 7) is 0. The number of carbonyl (C=O) groups is 2. The van der Waals surface area contributed by atoms with Crippen LogP contribution in [-0.4, -0.2) is 30.2 Å². The van der Waals surface area contributed by atoms with Crippen molar-refractivity contribution in [2.75, 3.05) is 0 Å². The zero-order chi connectivity index (χ0) is 19.3. The standard InChI is InChI=1S/C20H12N4O2S2/c25-19(13-5-9-21-10-6-13)27-17-18(24-16-4-2-1-3-15(16)23-17)28-20(26)14-7-11-22-12-8-14/h1-12H. The number of thioether (sulfide) groups is 2. The lowest BCUT2D eigenvalue weighted by atomic mass is 10.3. The quantitative estimate of drug-likeness (QED) is 0.466. The van der Waals surface area contributed by atoms with Gasteiger partial charge in [-0.1, -0.05) is 12.1 Å². The Morgan fingerprint density at radius 1 is 0.607 bits per heavy atom. The Morgan fingerprint density at radius 3 is 1.39 bits per heavy atom. The van der Waals surface area contributed by atoms with Crippen LogP contribution in [0.5, 0.6) is 0 Å². The van der Waals surface area contributed by atoms with Crippen molar-refractivity contribution in [1.29, 1.82) is 0 Å².